The summed E-state index contributed by atoms with van der Waals surface area (Å²) in [5.74, 6) is 0.421. The minimum Gasteiger partial charge on any atom is -0.496 e. The van der Waals surface area contributed by atoms with Crippen LogP contribution >= 0.6 is 11.6 Å². The first-order valence-electron chi connectivity index (χ1n) is 8.69. The summed E-state index contributed by atoms with van der Waals surface area (Å²) in [6.07, 6.45) is -3.67. The second-order valence-corrected chi connectivity index (χ2v) is 7.75. The van der Waals surface area contributed by atoms with Gasteiger partial charge in [-0.1, -0.05) is 18.5 Å². The van der Waals surface area contributed by atoms with Crippen molar-refractivity contribution in [2.75, 3.05) is 12.4 Å². The number of aryl methyl sites for hydroxylation is 1. The molecule has 2 rings (SSSR count). The molecule has 150 valence electrons. The van der Waals surface area contributed by atoms with Crippen molar-refractivity contribution in [1.29, 1.82) is 0 Å². The molecule has 0 saturated heterocycles. The van der Waals surface area contributed by atoms with Gasteiger partial charge in [-0.3, -0.25) is 4.68 Å². The number of nitrogens with one attached hydrogen (secondary N) is 1. The van der Waals surface area contributed by atoms with Gasteiger partial charge in [0.05, 0.1) is 29.1 Å². The SMILES string of the molecule is CCc1nn(C(C)(C)C)c(-c2ccc(N[C@H](C)C(F)(F)F)cc2OC)c1Cl. The smallest absolute Gasteiger partial charge is 0.408 e. The Kier molecular flexibility index (Phi) is 6.04. The van der Waals surface area contributed by atoms with Gasteiger partial charge in [0.15, 0.2) is 0 Å². The molecule has 1 atom stereocenters. The van der Waals surface area contributed by atoms with Gasteiger partial charge >= 0.3 is 6.18 Å². The summed E-state index contributed by atoms with van der Waals surface area (Å²) in [5.41, 5.74) is 2.10. The molecular weight excluding hydrogens is 379 g/mol. The molecule has 0 fully saturated rings. The van der Waals surface area contributed by atoms with E-state index in [0.29, 0.717) is 34.1 Å². The Hall–Kier alpha value is -1.89. The van der Waals surface area contributed by atoms with E-state index in [9.17, 15) is 13.2 Å². The van der Waals surface area contributed by atoms with Crippen LogP contribution in [0.15, 0.2) is 18.2 Å². The first kappa shape index (κ1) is 21.4. The van der Waals surface area contributed by atoms with E-state index >= 15 is 0 Å². The van der Waals surface area contributed by atoms with E-state index in [-0.39, 0.29) is 5.54 Å². The van der Waals surface area contributed by atoms with Crippen LogP contribution < -0.4 is 10.1 Å². The zero-order chi connectivity index (χ0) is 20.6. The highest BCUT2D eigenvalue weighted by Crippen LogP contribution is 2.40. The van der Waals surface area contributed by atoms with Crippen LogP contribution in [0, 0.1) is 0 Å². The monoisotopic (exact) mass is 403 g/mol. The minimum atomic E-state index is -4.34. The number of rotatable bonds is 5. The molecule has 1 aromatic carbocycles. The van der Waals surface area contributed by atoms with Crippen molar-refractivity contribution >= 4 is 17.3 Å². The number of hydrogen-bond acceptors (Lipinski definition) is 3. The lowest BCUT2D eigenvalue weighted by atomic mass is 10.0. The lowest BCUT2D eigenvalue weighted by molar-refractivity contribution is -0.138. The van der Waals surface area contributed by atoms with Gasteiger partial charge in [-0.25, -0.2) is 0 Å². The summed E-state index contributed by atoms with van der Waals surface area (Å²) in [7, 11) is 1.47. The second-order valence-electron chi connectivity index (χ2n) is 7.37. The third-order valence-corrected chi connectivity index (χ3v) is 4.59. The predicted molar refractivity (Wildman–Crippen MR) is 103 cm³/mol. The number of nitrogens with zero attached hydrogens (tertiary/aromatic N) is 2. The Morgan fingerprint density at radius 2 is 1.89 bits per heavy atom. The minimum absolute atomic E-state index is 0.314. The Morgan fingerprint density at radius 3 is 2.37 bits per heavy atom. The molecule has 0 saturated carbocycles. The summed E-state index contributed by atoms with van der Waals surface area (Å²) in [4.78, 5) is 0. The van der Waals surface area contributed by atoms with E-state index in [0.717, 1.165) is 12.6 Å². The van der Waals surface area contributed by atoms with E-state index in [4.69, 9.17) is 16.3 Å². The highest BCUT2D eigenvalue weighted by atomic mass is 35.5. The van der Waals surface area contributed by atoms with Crippen molar-refractivity contribution in [1.82, 2.24) is 9.78 Å². The van der Waals surface area contributed by atoms with Crippen LogP contribution in [0.5, 0.6) is 5.75 Å². The highest BCUT2D eigenvalue weighted by Gasteiger charge is 2.36. The third-order valence-electron chi connectivity index (χ3n) is 4.19. The zero-order valence-electron chi connectivity index (χ0n) is 16.3. The fourth-order valence-corrected chi connectivity index (χ4v) is 3.05. The highest BCUT2D eigenvalue weighted by molar-refractivity contribution is 6.33. The molecule has 0 spiro atoms. The average Bonchev–Trinajstić information content (AvgIpc) is 2.90. The molecule has 27 heavy (non-hydrogen) atoms. The Bertz CT molecular complexity index is 810. The van der Waals surface area contributed by atoms with Gasteiger partial charge in [-0.2, -0.15) is 18.3 Å². The second kappa shape index (κ2) is 7.62. The lowest BCUT2D eigenvalue weighted by Gasteiger charge is -2.24. The molecule has 0 radical (unpaired) electrons. The molecule has 1 N–H and O–H groups in total. The molecule has 0 unspecified atom stereocenters. The first-order chi connectivity index (χ1) is 12.4. The van der Waals surface area contributed by atoms with Crippen molar-refractivity contribution in [2.24, 2.45) is 0 Å². The molecule has 1 heterocycles. The molecule has 4 nitrogen and oxygen atoms in total. The van der Waals surface area contributed by atoms with Crippen molar-refractivity contribution in [3.63, 3.8) is 0 Å². The van der Waals surface area contributed by atoms with Gasteiger partial charge in [0, 0.05) is 17.3 Å². The van der Waals surface area contributed by atoms with Gasteiger partial charge < -0.3 is 10.1 Å². The van der Waals surface area contributed by atoms with Crippen LogP contribution in [-0.2, 0) is 12.0 Å². The van der Waals surface area contributed by atoms with Crippen LogP contribution in [0.2, 0.25) is 5.02 Å². The van der Waals surface area contributed by atoms with Crippen LogP contribution in [0.25, 0.3) is 11.3 Å². The van der Waals surface area contributed by atoms with Gasteiger partial charge in [-0.15, -0.1) is 0 Å². The number of alkyl halides is 3. The van der Waals surface area contributed by atoms with Gasteiger partial charge in [0.1, 0.15) is 11.8 Å². The summed E-state index contributed by atoms with van der Waals surface area (Å²) in [6.45, 7) is 9.05. The molecule has 2 aromatic rings. The molecule has 0 aliphatic rings. The van der Waals surface area contributed by atoms with Crippen LogP contribution in [0.1, 0.15) is 40.3 Å². The van der Waals surface area contributed by atoms with E-state index in [1.807, 2.05) is 32.4 Å². The Labute approximate surface area is 162 Å². The number of ether oxygens (including phenoxy) is 1. The molecule has 0 aliphatic carbocycles. The van der Waals surface area contributed by atoms with Gasteiger partial charge in [0.25, 0.3) is 0 Å². The number of halogens is 4. The number of benzene rings is 1. The summed E-state index contributed by atoms with van der Waals surface area (Å²) in [5, 5.41) is 7.59. The van der Waals surface area contributed by atoms with Crippen molar-refractivity contribution < 1.29 is 17.9 Å². The first-order valence-corrected chi connectivity index (χ1v) is 9.07. The van der Waals surface area contributed by atoms with E-state index in [2.05, 4.69) is 10.4 Å². The predicted octanol–water partition coefficient (Wildman–Crippen LogP) is 5.89. The van der Waals surface area contributed by atoms with Crippen molar-refractivity contribution in [3.05, 3.63) is 28.9 Å². The number of anilines is 1. The third kappa shape index (κ3) is 4.51. The molecule has 0 bridgehead atoms. The largest absolute Gasteiger partial charge is 0.496 e. The molecule has 1 aromatic heterocycles. The Morgan fingerprint density at radius 1 is 1.26 bits per heavy atom. The number of aromatic nitrogens is 2. The fourth-order valence-electron chi connectivity index (χ4n) is 2.70. The summed E-state index contributed by atoms with van der Waals surface area (Å²) in [6, 6.07) is 3.15. The van der Waals surface area contributed by atoms with Crippen LogP contribution in [-0.4, -0.2) is 29.1 Å². The van der Waals surface area contributed by atoms with Crippen LogP contribution in [0.4, 0.5) is 18.9 Å². The Balaban J connectivity index is 2.56. The molecule has 8 heteroatoms. The standard InChI is InChI=1S/C19H25ClF3N3O/c1-7-14-16(20)17(26(25-14)18(3,4)5)13-9-8-12(10-15(13)27-6)24-11(2)19(21,22)23/h8-11,24H,7H2,1-6H3/t11-/m1/s1. The van der Waals surface area contributed by atoms with E-state index in [1.165, 1.54) is 7.11 Å². The fraction of sp³-hybridized carbons (Fsp3) is 0.526. The van der Waals surface area contributed by atoms with E-state index < -0.39 is 12.2 Å². The van der Waals surface area contributed by atoms with Crippen molar-refractivity contribution in [2.45, 2.75) is 58.8 Å². The summed E-state index contributed by atoms with van der Waals surface area (Å²) >= 11 is 6.58. The number of hydrogen-bond donors (Lipinski definition) is 1. The van der Waals surface area contributed by atoms with Crippen LogP contribution in [0.3, 0.4) is 0 Å². The maximum Gasteiger partial charge on any atom is 0.408 e. The lowest BCUT2D eigenvalue weighted by Crippen LogP contribution is -2.33. The molecule has 0 aliphatic heterocycles. The summed E-state index contributed by atoms with van der Waals surface area (Å²) < 4.78 is 45.7. The zero-order valence-corrected chi connectivity index (χ0v) is 17.1. The molecule has 0 amide bonds. The topological polar surface area (TPSA) is 39.1 Å². The normalized spacial score (nSPS) is 13.6. The van der Waals surface area contributed by atoms with Gasteiger partial charge in [-0.05, 0) is 46.2 Å². The average molecular weight is 404 g/mol. The van der Waals surface area contributed by atoms with E-state index in [1.54, 1.807) is 18.2 Å². The van der Waals surface area contributed by atoms with Crippen molar-refractivity contribution in [3.8, 4) is 17.0 Å². The number of methoxy groups -OCH3 is 1. The quantitative estimate of drug-likeness (QED) is 0.676. The maximum atomic E-state index is 12.8. The molecular formula is C19H25ClF3N3O. The van der Waals surface area contributed by atoms with Gasteiger partial charge in [0.2, 0.25) is 0 Å². The maximum absolute atomic E-state index is 12.8.